The van der Waals surface area contributed by atoms with E-state index >= 15 is 0 Å². The number of benzene rings is 1. The fourth-order valence-corrected chi connectivity index (χ4v) is 1.64. The van der Waals surface area contributed by atoms with Gasteiger partial charge in [-0.15, -0.1) is 12.4 Å². The lowest BCUT2D eigenvalue weighted by Gasteiger charge is -2.17. The Balaban J connectivity index is 0.00000144. The Labute approximate surface area is 105 Å². The lowest BCUT2D eigenvalue weighted by atomic mass is 10.1. The number of nitrogens with zero attached hydrogens (tertiary/aromatic N) is 2. The van der Waals surface area contributed by atoms with Crippen molar-refractivity contribution in [1.29, 1.82) is 5.26 Å². The third-order valence-corrected chi connectivity index (χ3v) is 2.53. The number of nitriles is 1. The Morgan fingerprint density at radius 3 is 2.94 bits per heavy atom. The number of ether oxygens (including phenoxy) is 1. The Morgan fingerprint density at radius 1 is 1.59 bits per heavy atom. The lowest BCUT2D eigenvalue weighted by molar-refractivity contribution is -0.119. The second-order valence-electron chi connectivity index (χ2n) is 3.58. The van der Waals surface area contributed by atoms with Gasteiger partial charge < -0.3 is 15.4 Å². The number of hydrogen-bond donors (Lipinski definition) is 1. The second-order valence-corrected chi connectivity index (χ2v) is 3.58. The van der Waals surface area contributed by atoms with E-state index in [1.165, 1.54) is 4.90 Å². The van der Waals surface area contributed by atoms with Gasteiger partial charge in [0.1, 0.15) is 18.7 Å². The van der Waals surface area contributed by atoms with E-state index in [-0.39, 0.29) is 24.9 Å². The quantitative estimate of drug-likeness (QED) is 0.737. The molecule has 0 aliphatic carbocycles. The van der Waals surface area contributed by atoms with Crippen molar-refractivity contribution in [1.82, 2.24) is 0 Å². The summed E-state index contributed by atoms with van der Waals surface area (Å²) in [5.74, 6) is 0.211. The summed E-state index contributed by atoms with van der Waals surface area (Å²) in [6.45, 7) is 0.0921. The summed E-state index contributed by atoms with van der Waals surface area (Å²) in [7, 11) is 1.62. The summed E-state index contributed by atoms with van der Waals surface area (Å²) in [6, 6.07) is 6.42. The van der Waals surface area contributed by atoms with Gasteiger partial charge in [0.25, 0.3) is 0 Å². The fourth-order valence-electron chi connectivity index (χ4n) is 1.64. The number of amides is 1. The van der Waals surface area contributed by atoms with E-state index in [0.29, 0.717) is 17.0 Å². The fraction of sp³-hybridized carbons (Fsp3) is 0.273. The van der Waals surface area contributed by atoms with Crippen molar-refractivity contribution in [2.24, 2.45) is 5.73 Å². The number of carbonyl (C=O) groups is 1. The first-order valence-electron chi connectivity index (χ1n) is 4.84. The molecule has 0 fully saturated rings. The summed E-state index contributed by atoms with van der Waals surface area (Å²) in [5, 5.41) is 8.94. The van der Waals surface area contributed by atoms with Crippen LogP contribution in [0.25, 0.3) is 0 Å². The molecule has 1 heterocycles. The van der Waals surface area contributed by atoms with Gasteiger partial charge in [-0.05, 0) is 12.1 Å². The SMILES string of the molecule is CN1C(=O)C(N)COc2c(C#N)cccc21.Cl. The van der Waals surface area contributed by atoms with Gasteiger partial charge in [-0.2, -0.15) is 5.26 Å². The van der Waals surface area contributed by atoms with Crippen molar-refractivity contribution in [3.8, 4) is 11.8 Å². The molecule has 0 bridgehead atoms. The Hall–Kier alpha value is -1.77. The molecule has 2 rings (SSSR count). The minimum absolute atomic E-state index is 0. The van der Waals surface area contributed by atoms with Gasteiger partial charge in [-0.1, -0.05) is 6.07 Å². The van der Waals surface area contributed by atoms with Crippen LogP contribution < -0.4 is 15.4 Å². The number of fused-ring (bicyclic) bond motifs is 1. The van der Waals surface area contributed by atoms with Crippen LogP contribution in [0.2, 0.25) is 0 Å². The lowest BCUT2D eigenvalue weighted by Crippen LogP contribution is -2.43. The average Bonchev–Trinajstić information content (AvgIpc) is 2.42. The largest absolute Gasteiger partial charge is 0.488 e. The summed E-state index contributed by atoms with van der Waals surface area (Å²) in [5.41, 5.74) is 6.63. The van der Waals surface area contributed by atoms with Crippen molar-refractivity contribution >= 4 is 24.0 Å². The molecule has 2 N–H and O–H groups in total. The number of halogens is 1. The molecule has 1 atom stereocenters. The first-order valence-corrected chi connectivity index (χ1v) is 4.84. The van der Waals surface area contributed by atoms with Gasteiger partial charge in [0.15, 0.2) is 5.75 Å². The van der Waals surface area contributed by atoms with E-state index in [1.807, 2.05) is 6.07 Å². The number of anilines is 1. The third kappa shape index (κ3) is 2.18. The standard InChI is InChI=1S/C11H11N3O2.ClH/c1-14-9-4-2-3-7(5-12)10(9)16-6-8(13)11(14)15;/h2-4,8H,6,13H2,1H3;1H. The first-order chi connectivity index (χ1) is 7.65. The van der Waals surface area contributed by atoms with Crippen LogP contribution >= 0.6 is 12.4 Å². The number of nitrogens with two attached hydrogens (primary N) is 1. The third-order valence-electron chi connectivity index (χ3n) is 2.53. The zero-order chi connectivity index (χ0) is 11.7. The minimum Gasteiger partial charge on any atom is -0.488 e. The number of hydrogen-bond acceptors (Lipinski definition) is 4. The molecule has 6 heteroatoms. The topological polar surface area (TPSA) is 79.3 Å². The van der Waals surface area contributed by atoms with Crippen molar-refractivity contribution in [2.75, 3.05) is 18.6 Å². The molecule has 0 spiro atoms. The minimum atomic E-state index is -0.691. The summed E-state index contributed by atoms with van der Waals surface area (Å²) in [6.07, 6.45) is 0. The van der Waals surface area contributed by atoms with Gasteiger partial charge in [-0.25, -0.2) is 0 Å². The van der Waals surface area contributed by atoms with Crippen LogP contribution in [-0.2, 0) is 4.79 Å². The van der Waals surface area contributed by atoms with Crippen LogP contribution in [0.4, 0.5) is 5.69 Å². The van der Waals surface area contributed by atoms with Gasteiger partial charge >= 0.3 is 0 Å². The van der Waals surface area contributed by atoms with E-state index in [2.05, 4.69) is 0 Å². The molecule has 1 amide bonds. The average molecular weight is 254 g/mol. The molecule has 0 aromatic heterocycles. The Morgan fingerprint density at radius 2 is 2.29 bits per heavy atom. The van der Waals surface area contributed by atoms with Crippen LogP contribution in [0, 0.1) is 11.3 Å². The van der Waals surface area contributed by atoms with Crippen LogP contribution in [0.3, 0.4) is 0 Å². The predicted octanol–water partition coefficient (Wildman–Crippen LogP) is 0.663. The maximum Gasteiger partial charge on any atom is 0.247 e. The maximum absolute atomic E-state index is 11.7. The molecule has 0 saturated heterocycles. The molecule has 17 heavy (non-hydrogen) atoms. The molecule has 0 radical (unpaired) electrons. The Bertz CT molecular complexity index is 484. The van der Waals surface area contributed by atoms with E-state index < -0.39 is 6.04 Å². The summed E-state index contributed by atoms with van der Waals surface area (Å²) >= 11 is 0. The van der Waals surface area contributed by atoms with Crippen molar-refractivity contribution < 1.29 is 9.53 Å². The van der Waals surface area contributed by atoms with E-state index in [0.717, 1.165) is 0 Å². The van der Waals surface area contributed by atoms with Gasteiger partial charge in [0, 0.05) is 7.05 Å². The highest BCUT2D eigenvalue weighted by Crippen LogP contribution is 2.33. The summed E-state index contributed by atoms with van der Waals surface area (Å²) < 4.78 is 5.41. The van der Waals surface area contributed by atoms with Crippen LogP contribution in [0.1, 0.15) is 5.56 Å². The molecule has 1 aromatic rings. The highest BCUT2D eigenvalue weighted by molar-refractivity contribution is 5.99. The number of para-hydroxylation sites is 1. The number of carbonyl (C=O) groups excluding carboxylic acids is 1. The number of likely N-dealkylation sites (N-methyl/N-ethyl adjacent to an activating group) is 1. The second kappa shape index (κ2) is 5.04. The first kappa shape index (κ1) is 13.3. The number of rotatable bonds is 0. The van der Waals surface area contributed by atoms with Crippen molar-refractivity contribution in [2.45, 2.75) is 6.04 Å². The molecular weight excluding hydrogens is 242 g/mol. The zero-order valence-electron chi connectivity index (χ0n) is 9.21. The van der Waals surface area contributed by atoms with E-state index in [1.54, 1.807) is 25.2 Å². The van der Waals surface area contributed by atoms with Crippen molar-refractivity contribution in [3.05, 3.63) is 23.8 Å². The molecular formula is C11H12ClN3O2. The smallest absolute Gasteiger partial charge is 0.247 e. The van der Waals surface area contributed by atoms with Gasteiger partial charge in [-0.3, -0.25) is 4.79 Å². The van der Waals surface area contributed by atoms with E-state index in [4.69, 9.17) is 15.7 Å². The van der Waals surface area contributed by atoms with Crippen LogP contribution in [0.15, 0.2) is 18.2 Å². The van der Waals surface area contributed by atoms with Gasteiger partial charge in [0.2, 0.25) is 5.91 Å². The van der Waals surface area contributed by atoms with Gasteiger partial charge in [0.05, 0.1) is 11.3 Å². The highest BCUT2D eigenvalue weighted by Gasteiger charge is 2.27. The Kier molecular flexibility index (Phi) is 3.94. The molecule has 1 aromatic carbocycles. The monoisotopic (exact) mass is 253 g/mol. The normalized spacial score (nSPS) is 18.3. The highest BCUT2D eigenvalue weighted by atomic mass is 35.5. The maximum atomic E-state index is 11.7. The molecule has 1 aliphatic heterocycles. The predicted molar refractivity (Wildman–Crippen MR) is 65.3 cm³/mol. The molecule has 1 aliphatic rings. The molecule has 5 nitrogen and oxygen atoms in total. The van der Waals surface area contributed by atoms with Crippen LogP contribution in [0.5, 0.6) is 5.75 Å². The molecule has 90 valence electrons. The summed E-state index contributed by atoms with van der Waals surface area (Å²) in [4.78, 5) is 13.2. The zero-order valence-corrected chi connectivity index (χ0v) is 10.0. The van der Waals surface area contributed by atoms with Crippen LogP contribution in [-0.4, -0.2) is 25.6 Å². The van der Waals surface area contributed by atoms with Crippen molar-refractivity contribution in [3.63, 3.8) is 0 Å². The molecule has 0 saturated carbocycles. The van der Waals surface area contributed by atoms with E-state index in [9.17, 15) is 4.79 Å². The molecule has 1 unspecified atom stereocenters.